The lowest BCUT2D eigenvalue weighted by atomic mass is 10.1. The molecule has 1 amide bonds. The van der Waals surface area contributed by atoms with Crippen molar-refractivity contribution in [2.75, 3.05) is 13.2 Å². The van der Waals surface area contributed by atoms with Crippen LogP contribution >= 0.6 is 0 Å². The molecule has 0 aliphatic heterocycles. The molecule has 0 aliphatic carbocycles. The Labute approximate surface area is 139 Å². The van der Waals surface area contributed by atoms with Gasteiger partial charge < -0.3 is 14.8 Å². The summed E-state index contributed by atoms with van der Waals surface area (Å²) in [4.78, 5) is 12.2. The number of aromatic nitrogens is 2. The Morgan fingerprint density at radius 2 is 2.08 bits per heavy atom. The molecular formula is C18H19N3O3. The van der Waals surface area contributed by atoms with E-state index in [9.17, 15) is 9.90 Å². The predicted molar refractivity (Wildman–Crippen MR) is 89.3 cm³/mol. The quantitative estimate of drug-likeness (QED) is 0.621. The molecule has 0 unspecified atom stereocenters. The molecule has 0 spiro atoms. The second-order valence-corrected chi connectivity index (χ2v) is 5.57. The zero-order valence-corrected chi connectivity index (χ0v) is 13.1. The SMILES string of the molecule is O=C(NC[C@@H](CO)Cc1ccco1)c1cc(-c2ccccc2)n[nH]1. The minimum Gasteiger partial charge on any atom is -0.469 e. The first-order chi connectivity index (χ1) is 11.8. The van der Waals surface area contributed by atoms with E-state index in [0.29, 0.717) is 18.7 Å². The standard InChI is InChI=1S/C18H19N3O3/c22-12-13(9-15-7-4-8-24-15)11-19-18(23)17-10-16(20-21-17)14-5-2-1-3-6-14/h1-8,10,13,22H,9,11-12H2,(H,19,23)(H,20,21)/t13-/m0/s1. The van der Waals surface area contributed by atoms with Gasteiger partial charge in [0.15, 0.2) is 0 Å². The van der Waals surface area contributed by atoms with Gasteiger partial charge in [0.1, 0.15) is 11.5 Å². The van der Waals surface area contributed by atoms with Gasteiger partial charge in [0, 0.05) is 31.1 Å². The van der Waals surface area contributed by atoms with E-state index in [1.165, 1.54) is 0 Å². The summed E-state index contributed by atoms with van der Waals surface area (Å²) in [7, 11) is 0. The van der Waals surface area contributed by atoms with Gasteiger partial charge in [0.05, 0.1) is 12.0 Å². The molecule has 0 radical (unpaired) electrons. The Morgan fingerprint density at radius 3 is 2.79 bits per heavy atom. The molecule has 24 heavy (non-hydrogen) atoms. The summed E-state index contributed by atoms with van der Waals surface area (Å²) in [6.07, 6.45) is 2.17. The molecule has 1 atom stereocenters. The Hall–Kier alpha value is -2.86. The number of aromatic amines is 1. The summed E-state index contributed by atoms with van der Waals surface area (Å²) in [5, 5.41) is 19.2. The summed E-state index contributed by atoms with van der Waals surface area (Å²) >= 11 is 0. The van der Waals surface area contributed by atoms with E-state index in [1.54, 1.807) is 18.4 Å². The van der Waals surface area contributed by atoms with Crippen molar-refractivity contribution in [2.45, 2.75) is 6.42 Å². The molecule has 0 saturated heterocycles. The molecule has 0 saturated carbocycles. The van der Waals surface area contributed by atoms with E-state index >= 15 is 0 Å². The van der Waals surface area contributed by atoms with Crippen LogP contribution in [0.4, 0.5) is 0 Å². The van der Waals surface area contributed by atoms with Crippen LogP contribution in [0.2, 0.25) is 0 Å². The Balaban J connectivity index is 1.58. The zero-order chi connectivity index (χ0) is 16.8. The Morgan fingerprint density at radius 1 is 1.25 bits per heavy atom. The second-order valence-electron chi connectivity index (χ2n) is 5.57. The van der Waals surface area contributed by atoms with Gasteiger partial charge in [-0.2, -0.15) is 5.10 Å². The van der Waals surface area contributed by atoms with Crippen LogP contribution in [0.15, 0.2) is 59.2 Å². The highest BCUT2D eigenvalue weighted by molar-refractivity contribution is 5.93. The summed E-state index contributed by atoms with van der Waals surface area (Å²) in [5.74, 6) is 0.440. The summed E-state index contributed by atoms with van der Waals surface area (Å²) in [5.41, 5.74) is 2.05. The number of carbonyl (C=O) groups is 1. The molecule has 2 heterocycles. The summed E-state index contributed by atoms with van der Waals surface area (Å²) < 4.78 is 5.27. The number of carbonyl (C=O) groups excluding carboxylic acids is 1. The van der Waals surface area contributed by atoms with Crippen molar-refractivity contribution in [3.05, 3.63) is 66.2 Å². The van der Waals surface area contributed by atoms with Gasteiger partial charge in [0.2, 0.25) is 0 Å². The van der Waals surface area contributed by atoms with Crippen molar-refractivity contribution in [3.8, 4) is 11.3 Å². The van der Waals surface area contributed by atoms with Crippen molar-refractivity contribution >= 4 is 5.91 Å². The molecular weight excluding hydrogens is 306 g/mol. The topological polar surface area (TPSA) is 91.2 Å². The fourth-order valence-electron chi connectivity index (χ4n) is 2.44. The number of benzene rings is 1. The average molecular weight is 325 g/mol. The number of hydrogen-bond donors (Lipinski definition) is 3. The number of nitrogens with one attached hydrogen (secondary N) is 2. The molecule has 0 fully saturated rings. The Bertz CT molecular complexity index is 766. The number of aliphatic hydroxyl groups is 1. The van der Waals surface area contributed by atoms with Crippen molar-refractivity contribution in [1.29, 1.82) is 0 Å². The number of furan rings is 1. The molecule has 6 heteroatoms. The molecule has 124 valence electrons. The van der Waals surface area contributed by atoms with Crippen molar-refractivity contribution in [2.24, 2.45) is 5.92 Å². The van der Waals surface area contributed by atoms with Crippen molar-refractivity contribution < 1.29 is 14.3 Å². The van der Waals surface area contributed by atoms with Crippen LogP contribution < -0.4 is 5.32 Å². The van der Waals surface area contributed by atoms with Gasteiger partial charge in [-0.1, -0.05) is 30.3 Å². The van der Waals surface area contributed by atoms with Crippen LogP contribution in [0.5, 0.6) is 0 Å². The maximum Gasteiger partial charge on any atom is 0.269 e. The van der Waals surface area contributed by atoms with Gasteiger partial charge in [-0.15, -0.1) is 0 Å². The van der Waals surface area contributed by atoms with Gasteiger partial charge in [0.25, 0.3) is 5.91 Å². The third-order valence-electron chi connectivity index (χ3n) is 3.77. The first-order valence-electron chi connectivity index (χ1n) is 7.78. The zero-order valence-electron chi connectivity index (χ0n) is 13.1. The van der Waals surface area contributed by atoms with Crippen LogP contribution in [0.3, 0.4) is 0 Å². The van der Waals surface area contributed by atoms with E-state index in [-0.39, 0.29) is 18.4 Å². The van der Waals surface area contributed by atoms with Crippen LogP contribution in [-0.2, 0) is 6.42 Å². The van der Waals surface area contributed by atoms with Gasteiger partial charge in [-0.25, -0.2) is 0 Å². The van der Waals surface area contributed by atoms with Crippen molar-refractivity contribution in [1.82, 2.24) is 15.5 Å². The first kappa shape index (κ1) is 16.0. The number of amides is 1. The van der Waals surface area contributed by atoms with Crippen LogP contribution in [0, 0.1) is 5.92 Å². The third kappa shape index (κ3) is 3.91. The number of aliphatic hydroxyl groups excluding tert-OH is 1. The number of rotatable bonds is 7. The minimum atomic E-state index is -0.248. The predicted octanol–water partition coefficient (Wildman–Crippen LogP) is 2.25. The molecule has 3 rings (SSSR count). The van der Waals surface area contributed by atoms with Gasteiger partial charge >= 0.3 is 0 Å². The number of nitrogens with zero attached hydrogens (tertiary/aromatic N) is 1. The highest BCUT2D eigenvalue weighted by atomic mass is 16.3. The summed E-state index contributed by atoms with van der Waals surface area (Å²) in [6.45, 7) is 0.328. The van der Waals surface area contributed by atoms with E-state index in [2.05, 4.69) is 15.5 Å². The maximum absolute atomic E-state index is 12.2. The maximum atomic E-state index is 12.2. The van der Waals surface area contributed by atoms with E-state index in [0.717, 1.165) is 17.0 Å². The van der Waals surface area contributed by atoms with E-state index in [4.69, 9.17) is 4.42 Å². The molecule has 0 bridgehead atoms. The number of hydrogen-bond acceptors (Lipinski definition) is 4. The van der Waals surface area contributed by atoms with Gasteiger partial charge in [-0.05, 0) is 18.2 Å². The fraction of sp³-hybridized carbons (Fsp3) is 0.222. The normalized spacial score (nSPS) is 12.0. The van der Waals surface area contributed by atoms with Crippen LogP contribution in [-0.4, -0.2) is 34.4 Å². The van der Waals surface area contributed by atoms with Crippen LogP contribution in [0.25, 0.3) is 11.3 Å². The second kappa shape index (κ2) is 7.61. The largest absolute Gasteiger partial charge is 0.469 e. The van der Waals surface area contributed by atoms with E-state index in [1.807, 2.05) is 36.4 Å². The molecule has 0 aliphatic rings. The molecule has 1 aromatic carbocycles. The monoisotopic (exact) mass is 325 g/mol. The fourth-order valence-corrected chi connectivity index (χ4v) is 2.44. The average Bonchev–Trinajstić information content (AvgIpc) is 3.31. The van der Waals surface area contributed by atoms with Crippen molar-refractivity contribution in [3.63, 3.8) is 0 Å². The smallest absolute Gasteiger partial charge is 0.269 e. The highest BCUT2D eigenvalue weighted by Crippen LogP contribution is 2.17. The molecule has 3 N–H and O–H groups in total. The Kier molecular flexibility index (Phi) is 5.08. The molecule has 3 aromatic rings. The lowest BCUT2D eigenvalue weighted by Crippen LogP contribution is -2.32. The van der Waals surface area contributed by atoms with Crippen LogP contribution in [0.1, 0.15) is 16.2 Å². The van der Waals surface area contributed by atoms with E-state index < -0.39 is 0 Å². The highest BCUT2D eigenvalue weighted by Gasteiger charge is 2.15. The van der Waals surface area contributed by atoms with Gasteiger partial charge in [-0.3, -0.25) is 9.89 Å². The lowest BCUT2D eigenvalue weighted by Gasteiger charge is -2.13. The number of H-pyrrole nitrogens is 1. The molecule has 2 aromatic heterocycles. The summed E-state index contributed by atoms with van der Waals surface area (Å²) in [6, 6.07) is 15.0. The first-order valence-corrected chi connectivity index (χ1v) is 7.78. The third-order valence-corrected chi connectivity index (χ3v) is 3.77. The lowest BCUT2D eigenvalue weighted by molar-refractivity contribution is 0.0934. The minimum absolute atomic E-state index is 0.0286. The molecule has 6 nitrogen and oxygen atoms in total.